The second-order valence-electron chi connectivity index (χ2n) is 7.16. The third-order valence-electron chi connectivity index (χ3n) is 5.05. The predicted molar refractivity (Wildman–Crippen MR) is 118 cm³/mol. The topological polar surface area (TPSA) is 59.0 Å². The molecule has 4 aromatic rings. The molecule has 0 radical (unpaired) electrons. The molecule has 2 N–H and O–H groups in total. The molecular formula is C24H22F2N4O. The van der Waals surface area contributed by atoms with Crippen LogP contribution in [0.5, 0.6) is 0 Å². The number of halogens is 2. The summed E-state index contributed by atoms with van der Waals surface area (Å²) in [5.41, 5.74) is 3.65. The highest BCUT2D eigenvalue weighted by molar-refractivity contribution is 5.99. The molecule has 0 aliphatic rings. The minimum absolute atomic E-state index is 0.0893. The zero-order valence-electron chi connectivity index (χ0n) is 17.0. The number of nitrogens with zero attached hydrogens (tertiary/aromatic N) is 2. The molecule has 0 atom stereocenters. The van der Waals surface area contributed by atoms with Crippen LogP contribution in [0.2, 0.25) is 0 Å². The smallest absolute Gasteiger partial charge is 0.323 e. The number of hydrogen-bond acceptors (Lipinski definition) is 2. The van der Waals surface area contributed by atoms with Crippen molar-refractivity contribution in [1.82, 2.24) is 9.55 Å². The van der Waals surface area contributed by atoms with Gasteiger partial charge in [-0.3, -0.25) is 0 Å². The molecule has 0 aliphatic heterocycles. The number of urea groups is 1. The Morgan fingerprint density at radius 3 is 2.61 bits per heavy atom. The molecule has 5 nitrogen and oxygen atoms in total. The Hall–Kier alpha value is -3.74. The highest BCUT2D eigenvalue weighted by atomic mass is 19.1. The summed E-state index contributed by atoms with van der Waals surface area (Å²) in [6.07, 6.45) is 1.52. The number of hydrogen-bond donors (Lipinski definition) is 2. The Morgan fingerprint density at radius 1 is 0.968 bits per heavy atom. The normalized spacial score (nSPS) is 10.9. The summed E-state index contributed by atoms with van der Waals surface area (Å²) in [5, 5.41) is 5.07. The fourth-order valence-electron chi connectivity index (χ4n) is 3.61. The number of aromatic nitrogens is 2. The van der Waals surface area contributed by atoms with Gasteiger partial charge in [-0.15, -0.1) is 0 Å². The molecule has 1 aromatic heterocycles. The quantitative estimate of drug-likeness (QED) is 0.416. The van der Waals surface area contributed by atoms with Gasteiger partial charge in [-0.05, 0) is 55.3 Å². The predicted octanol–water partition coefficient (Wildman–Crippen LogP) is 5.76. The maximum Gasteiger partial charge on any atom is 0.323 e. The molecule has 1 heterocycles. The Balaban J connectivity index is 1.42. The fraction of sp³-hybridized carbons (Fsp3) is 0.167. The maximum absolute atomic E-state index is 13.7. The van der Waals surface area contributed by atoms with Crippen LogP contribution < -0.4 is 10.6 Å². The van der Waals surface area contributed by atoms with Crippen LogP contribution >= 0.6 is 0 Å². The maximum atomic E-state index is 13.7. The summed E-state index contributed by atoms with van der Waals surface area (Å²) < 4.78 is 28.9. The lowest BCUT2D eigenvalue weighted by Crippen LogP contribution is -2.20. The first-order chi connectivity index (χ1) is 15.0. The molecule has 158 valence electrons. The number of anilines is 2. The van der Waals surface area contributed by atoms with Crippen LogP contribution in [0.4, 0.5) is 25.0 Å². The molecular weight excluding hydrogens is 398 g/mol. The van der Waals surface area contributed by atoms with Crippen LogP contribution in [0.25, 0.3) is 11.0 Å². The van der Waals surface area contributed by atoms with Gasteiger partial charge in [-0.2, -0.15) is 0 Å². The van der Waals surface area contributed by atoms with Gasteiger partial charge in [0.05, 0.1) is 16.7 Å². The van der Waals surface area contributed by atoms with Gasteiger partial charge in [0.15, 0.2) is 0 Å². The van der Waals surface area contributed by atoms with Crippen LogP contribution in [0, 0.1) is 11.6 Å². The van der Waals surface area contributed by atoms with Crippen LogP contribution in [0.1, 0.15) is 18.3 Å². The minimum Gasteiger partial charge on any atom is -0.328 e. The van der Waals surface area contributed by atoms with E-state index in [2.05, 4.69) is 28.2 Å². The first-order valence-electron chi connectivity index (χ1n) is 10.1. The molecule has 0 saturated heterocycles. The van der Waals surface area contributed by atoms with Crippen molar-refractivity contribution >= 4 is 28.4 Å². The molecule has 3 aromatic carbocycles. The summed E-state index contributed by atoms with van der Waals surface area (Å²) in [6, 6.07) is 17.9. The van der Waals surface area contributed by atoms with E-state index in [0.717, 1.165) is 53.9 Å². The first kappa shape index (κ1) is 20.5. The molecule has 31 heavy (non-hydrogen) atoms. The van der Waals surface area contributed by atoms with E-state index in [1.807, 2.05) is 36.4 Å². The van der Waals surface area contributed by atoms with E-state index in [0.29, 0.717) is 5.69 Å². The van der Waals surface area contributed by atoms with E-state index in [-0.39, 0.29) is 5.69 Å². The summed E-state index contributed by atoms with van der Waals surface area (Å²) in [5.74, 6) is -0.512. The van der Waals surface area contributed by atoms with Gasteiger partial charge < -0.3 is 15.2 Å². The van der Waals surface area contributed by atoms with Gasteiger partial charge in [-0.1, -0.05) is 24.3 Å². The monoisotopic (exact) mass is 420 g/mol. The number of carbonyl (C=O) groups excluding carboxylic acids is 1. The molecule has 0 saturated carbocycles. The fourth-order valence-corrected chi connectivity index (χ4v) is 3.61. The van der Waals surface area contributed by atoms with E-state index in [4.69, 9.17) is 4.98 Å². The number of amides is 2. The van der Waals surface area contributed by atoms with E-state index < -0.39 is 17.7 Å². The van der Waals surface area contributed by atoms with E-state index in [9.17, 15) is 13.6 Å². The second kappa shape index (κ2) is 8.95. The van der Waals surface area contributed by atoms with Crippen molar-refractivity contribution in [3.05, 3.63) is 89.8 Å². The van der Waals surface area contributed by atoms with E-state index >= 15 is 0 Å². The number of nitrogens with one attached hydrogen (secondary N) is 2. The van der Waals surface area contributed by atoms with Gasteiger partial charge in [0, 0.05) is 24.7 Å². The van der Waals surface area contributed by atoms with Crippen molar-refractivity contribution in [3.8, 4) is 0 Å². The number of benzene rings is 3. The van der Waals surface area contributed by atoms with Crippen molar-refractivity contribution in [3.63, 3.8) is 0 Å². The Kier molecular flexibility index (Phi) is 5.93. The van der Waals surface area contributed by atoms with Gasteiger partial charge in [-0.25, -0.2) is 18.6 Å². The van der Waals surface area contributed by atoms with Gasteiger partial charge in [0.2, 0.25) is 0 Å². The summed E-state index contributed by atoms with van der Waals surface area (Å²) in [6.45, 7) is 2.95. The van der Waals surface area contributed by atoms with E-state index in [1.54, 1.807) is 6.07 Å². The third-order valence-corrected chi connectivity index (χ3v) is 5.05. The van der Waals surface area contributed by atoms with Crippen molar-refractivity contribution < 1.29 is 13.6 Å². The zero-order valence-corrected chi connectivity index (χ0v) is 17.0. The second-order valence-corrected chi connectivity index (χ2v) is 7.16. The number of imidazole rings is 1. The number of rotatable bonds is 6. The molecule has 4 rings (SSSR count). The largest absolute Gasteiger partial charge is 0.328 e. The lowest BCUT2D eigenvalue weighted by atomic mass is 10.1. The zero-order chi connectivity index (χ0) is 21.8. The molecule has 0 bridgehead atoms. The average Bonchev–Trinajstić information content (AvgIpc) is 3.12. The standard InChI is InChI=1S/C24H22F2N4O/c1-2-30-22-9-4-3-8-21(22)28-23(30)13-10-16-6-5-7-18(14-16)27-24(31)29-20-12-11-17(25)15-19(20)26/h3-9,11-12,14-15H,2,10,13H2,1H3,(H2,27,29,31). The minimum atomic E-state index is -0.831. The van der Waals surface area contributed by atoms with Crippen LogP contribution in [0.3, 0.4) is 0 Å². The van der Waals surface area contributed by atoms with Gasteiger partial charge in [0.25, 0.3) is 0 Å². The molecule has 0 fully saturated rings. The summed E-state index contributed by atoms with van der Waals surface area (Å²) in [4.78, 5) is 16.9. The first-order valence-corrected chi connectivity index (χ1v) is 10.1. The average molecular weight is 420 g/mol. The Morgan fingerprint density at radius 2 is 1.81 bits per heavy atom. The molecule has 2 amide bonds. The van der Waals surface area contributed by atoms with Crippen molar-refractivity contribution in [2.24, 2.45) is 0 Å². The Bertz CT molecular complexity index is 1240. The molecule has 0 unspecified atom stereocenters. The Labute approximate surface area is 178 Å². The van der Waals surface area contributed by atoms with Crippen molar-refractivity contribution in [2.45, 2.75) is 26.3 Å². The van der Waals surface area contributed by atoms with Crippen LogP contribution in [-0.4, -0.2) is 15.6 Å². The van der Waals surface area contributed by atoms with Crippen LogP contribution in [-0.2, 0) is 19.4 Å². The highest BCUT2D eigenvalue weighted by Crippen LogP contribution is 2.19. The van der Waals surface area contributed by atoms with Gasteiger partial charge in [0.1, 0.15) is 17.5 Å². The number of para-hydroxylation sites is 2. The molecule has 0 aliphatic carbocycles. The number of aryl methyl sites for hydroxylation is 3. The highest BCUT2D eigenvalue weighted by Gasteiger charge is 2.11. The van der Waals surface area contributed by atoms with Crippen molar-refractivity contribution in [2.75, 3.05) is 10.6 Å². The lowest BCUT2D eigenvalue weighted by molar-refractivity contribution is 0.262. The molecule has 7 heteroatoms. The third kappa shape index (κ3) is 4.71. The summed E-state index contributed by atoms with van der Waals surface area (Å²) in [7, 11) is 0. The van der Waals surface area contributed by atoms with Crippen molar-refractivity contribution in [1.29, 1.82) is 0 Å². The SMILES string of the molecule is CCn1c(CCc2cccc(NC(=O)Nc3ccc(F)cc3F)c2)nc2ccccc21. The number of carbonyl (C=O) groups is 1. The number of fused-ring (bicyclic) bond motifs is 1. The van der Waals surface area contributed by atoms with Gasteiger partial charge >= 0.3 is 6.03 Å². The van der Waals surface area contributed by atoms with Crippen LogP contribution in [0.15, 0.2) is 66.7 Å². The lowest BCUT2D eigenvalue weighted by Gasteiger charge is -2.10. The molecule has 0 spiro atoms. The summed E-state index contributed by atoms with van der Waals surface area (Å²) >= 11 is 0. The van der Waals surface area contributed by atoms with E-state index in [1.165, 1.54) is 6.07 Å².